The van der Waals surface area contributed by atoms with Crippen molar-refractivity contribution in [2.24, 2.45) is 0 Å². The van der Waals surface area contributed by atoms with E-state index in [0.717, 1.165) is 11.0 Å². The lowest BCUT2D eigenvalue weighted by molar-refractivity contribution is -0.140. The Morgan fingerprint density at radius 2 is 1.83 bits per heavy atom. The monoisotopic (exact) mass is 511 g/mol. The normalized spacial score (nSPS) is 18.8. The molecule has 2 aromatic rings. The number of piperidine rings is 1. The van der Waals surface area contributed by atoms with Crippen LogP contribution in [0.25, 0.3) is 0 Å². The summed E-state index contributed by atoms with van der Waals surface area (Å²) in [4.78, 5) is 50.2. The lowest BCUT2D eigenvalue weighted by Crippen LogP contribution is -2.52. The summed E-state index contributed by atoms with van der Waals surface area (Å²) in [5.41, 5.74) is -0.622. The molecule has 184 valence electrons. The minimum atomic E-state index is -4.62. The van der Waals surface area contributed by atoms with Gasteiger partial charge in [-0.15, -0.1) is 0 Å². The molecule has 4 amide bonds. The van der Waals surface area contributed by atoms with Gasteiger partial charge in [-0.05, 0) is 36.2 Å². The molecule has 2 atom stereocenters. The molecule has 0 bridgehead atoms. The van der Waals surface area contributed by atoms with Crippen molar-refractivity contribution in [2.45, 2.75) is 44.1 Å². The van der Waals surface area contributed by atoms with E-state index >= 15 is 4.39 Å². The zero-order valence-electron chi connectivity index (χ0n) is 17.9. The third-order valence-electron chi connectivity index (χ3n) is 5.91. The second-order valence-electron chi connectivity index (χ2n) is 8.25. The number of rotatable bonds is 5. The average molecular weight is 512 g/mol. The fraction of sp³-hybridized carbons (Fsp3) is 0.304. The number of alkyl halides is 3. The minimum absolute atomic E-state index is 0.0119. The number of hydrogen-bond acceptors (Lipinski definition) is 4. The molecule has 2 aliphatic rings. The molecular formula is C23H18ClF4N3O4. The topological polar surface area (TPSA) is 95.6 Å². The Bertz CT molecular complexity index is 1220. The van der Waals surface area contributed by atoms with Gasteiger partial charge in [0.1, 0.15) is 11.9 Å². The number of imide groups is 1. The van der Waals surface area contributed by atoms with E-state index in [1.807, 2.05) is 0 Å². The van der Waals surface area contributed by atoms with Crippen LogP contribution < -0.4 is 10.6 Å². The molecule has 7 nitrogen and oxygen atoms in total. The van der Waals surface area contributed by atoms with E-state index < -0.39 is 59.7 Å². The standard InChI is InChI=1S/C23H18ClF4N3O4/c24-12-3-1-11(2-4-12)16(9-23(26,27)28)29-20(33)14-6-5-13-15(19(14)25)10-31(22(13)35)17-7-8-18(32)30-21(17)34/h1-6,16-17H,7-10H2,(H,29,33)(H,30,32,34)/t16-,17?/m0/s1. The molecule has 1 saturated heterocycles. The first-order valence-corrected chi connectivity index (χ1v) is 10.9. The van der Waals surface area contributed by atoms with Gasteiger partial charge in [0.05, 0.1) is 24.6 Å². The minimum Gasteiger partial charge on any atom is -0.345 e. The molecule has 35 heavy (non-hydrogen) atoms. The van der Waals surface area contributed by atoms with Crippen molar-refractivity contribution in [3.8, 4) is 0 Å². The third kappa shape index (κ3) is 5.14. The number of fused-ring (bicyclic) bond motifs is 1. The quantitative estimate of drug-likeness (QED) is 0.473. The Morgan fingerprint density at radius 3 is 2.46 bits per heavy atom. The van der Waals surface area contributed by atoms with Crippen LogP contribution in [-0.4, -0.2) is 40.7 Å². The number of nitrogens with one attached hydrogen (secondary N) is 2. The van der Waals surface area contributed by atoms with Gasteiger partial charge in [-0.25, -0.2) is 4.39 Å². The highest BCUT2D eigenvalue weighted by Crippen LogP contribution is 2.33. The summed E-state index contributed by atoms with van der Waals surface area (Å²) < 4.78 is 54.8. The first kappa shape index (κ1) is 24.6. The first-order chi connectivity index (χ1) is 16.4. The number of benzene rings is 2. The van der Waals surface area contributed by atoms with Crippen molar-refractivity contribution in [3.05, 3.63) is 69.5 Å². The maximum Gasteiger partial charge on any atom is 0.391 e. The molecule has 0 aliphatic carbocycles. The van der Waals surface area contributed by atoms with Gasteiger partial charge in [-0.1, -0.05) is 23.7 Å². The van der Waals surface area contributed by atoms with Crippen LogP contribution >= 0.6 is 11.6 Å². The van der Waals surface area contributed by atoms with Crippen molar-refractivity contribution in [3.63, 3.8) is 0 Å². The Kier molecular flexibility index (Phi) is 6.54. The van der Waals surface area contributed by atoms with Gasteiger partial charge >= 0.3 is 6.18 Å². The van der Waals surface area contributed by atoms with Gasteiger partial charge in [-0.3, -0.25) is 24.5 Å². The molecular weight excluding hydrogens is 494 g/mol. The molecule has 2 heterocycles. The van der Waals surface area contributed by atoms with Crippen LogP contribution in [0.4, 0.5) is 17.6 Å². The lowest BCUT2D eigenvalue weighted by Gasteiger charge is -2.29. The van der Waals surface area contributed by atoms with Crippen LogP contribution in [0.1, 0.15) is 57.1 Å². The molecule has 0 radical (unpaired) electrons. The number of carbonyl (C=O) groups excluding carboxylic acids is 4. The van der Waals surface area contributed by atoms with E-state index in [1.54, 1.807) is 0 Å². The SMILES string of the molecule is O=C1CCC(N2Cc3c(ccc(C(=O)N[C@@H](CC(F)(F)F)c4ccc(Cl)cc4)c3F)C2=O)C(=O)N1. The second kappa shape index (κ2) is 9.29. The van der Waals surface area contributed by atoms with Crippen molar-refractivity contribution < 1.29 is 36.7 Å². The fourth-order valence-corrected chi connectivity index (χ4v) is 4.32. The Labute approximate surface area is 201 Å². The number of nitrogens with zero attached hydrogens (tertiary/aromatic N) is 1. The Morgan fingerprint density at radius 1 is 1.14 bits per heavy atom. The molecule has 0 aromatic heterocycles. The predicted molar refractivity (Wildman–Crippen MR) is 115 cm³/mol. The van der Waals surface area contributed by atoms with Crippen LogP contribution in [0.15, 0.2) is 36.4 Å². The van der Waals surface area contributed by atoms with Crippen molar-refractivity contribution >= 4 is 35.2 Å². The van der Waals surface area contributed by atoms with Crippen molar-refractivity contribution in [1.82, 2.24) is 15.5 Å². The van der Waals surface area contributed by atoms with Crippen LogP contribution in [0.3, 0.4) is 0 Å². The maximum atomic E-state index is 15.3. The maximum absolute atomic E-state index is 15.3. The first-order valence-electron chi connectivity index (χ1n) is 10.5. The van der Waals surface area contributed by atoms with Crippen molar-refractivity contribution in [1.29, 1.82) is 0 Å². The zero-order chi connectivity index (χ0) is 25.5. The van der Waals surface area contributed by atoms with E-state index in [9.17, 15) is 32.3 Å². The molecule has 0 saturated carbocycles. The number of hydrogen-bond donors (Lipinski definition) is 2. The summed E-state index contributed by atoms with van der Waals surface area (Å²) in [5, 5.41) is 4.63. The highest BCUT2D eigenvalue weighted by molar-refractivity contribution is 6.30. The smallest absolute Gasteiger partial charge is 0.345 e. The summed E-state index contributed by atoms with van der Waals surface area (Å²) in [6.07, 6.45) is -5.94. The van der Waals surface area contributed by atoms with Gasteiger partial charge in [0.25, 0.3) is 11.8 Å². The van der Waals surface area contributed by atoms with Crippen LogP contribution in [-0.2, 0) is 16.1 Å². The summed E-state index contributed by atoms with van der Waals surface area (Å²) in [6.45, 7) is -0.323. The van der Waals surface area contributed by atoms with Gasteiger partial charge in [0.2, 0.25) is 11.8 Å². The van der Waals surface area contributed by atoms with Crippen LogP contribution in [0.5, 0.6) is 0 Å². The molecule has 2 aliphatic heterocycles. The van der Waals surface area contributed by atoms with E-state index in [1.165, 1.54) is 30.3 Å². The van der Waals surface area contributed by atoms with E-state index in [4.69, 9.17) is 11.6 Å². The van der Waals surface area contributed by atoms with E-state index in [2.05, 4.69) is 10.6 Å². The molecule has 4 rings (SSSR count). The molecule has 2 aromatic carbocycles. The molecule has 1 fully saturated rings. The Hall–Kier alpha value is -3.47. The zero-order valence-corrected chi connectivity index (χ0v) is 18.7. The molecule has 12 heteroatoms. The number of amides is 4. The van der Waals surface area contributed by atoms with Gasteiger partial charge in [0.15, 0.2) is 0 Å². The average Bonchev–Trinajstić information content (AvgIpc) is 3.10. The fourth-order valence-electron chi connectivity index (χ4n) is 4.19. The summed E-state index contributed by atoms with van der Waals surface area (Å²) >= 11 is 5.79. The van der Waals surface area contributed by atoms with Gasteiger partial charge < -0.3 is 10.2 Å². The second-order valence-corrected chi connectivity index (χ2v) is 8.69. The highest BCUT2D eigenvalue weighted by Gasteiger charge is 2.41. The number of halogens is 5. The number of carbonyl (C=O) groups is 4. The Balaban J connectivity index is 1.58. The summed E-state index contributed by atoms with van der Waals surface area (Å²) in [5.74, 6) is -3.96. The van der Waals surface area contributed by atoms with E-state index in [-0.39, 0.29) is 36.1 Å². The molecule has 0 spiro atoms. The van der Waals surface area contributed by atoms with Gasteiger partial charge in [-0.2, -0.15) is 13.2 Å². The van der Waals surface area contributed by atoms with Crippen molar-refractivity contribution in [2.75, 3.05) is 0 Å². The third-order valence-corrected chi connectivity index (χ3v) is 6.16. The largest absolute Gasteiger partial charge is 0.391 e. The molecule has 2 N–H and O–H groups in total. The van der Waals surface area contributed by atoms with E-state index in [0.29, 0.717) is 5.02 Å². The van der Waals surface area contributed by atoms with Gasteiger partial charge in [0, 0.05) is 22.6 Å². The lowest BCUT2D eigenvalue weighted by atomic mass is 10.0. The summed E-state index contributed by atoms with van der Waals surface area (Å²) in [7, 11) is 0. The highest BCUT2D eigenvalue weighted by atomic mass is 35.5. The predicted octanol–water partition coefficient (Wildman–Crippen LogP) is 3.66. The molecule has 1 unspecified atom stereocenters. The van der Waals surface area contributed by atoms with Crippen LogP contribution in [0, 0.1) is 5.82 Å². The summed E-state index contributed by atoms with van der Waals surface area (Å²) in [6, 6.07) is 5.13. The van der Waals surface area contributed by atoms with Crippen LogP contribution in [0.2, 0.25) is 5.02 Å².